The summed E-state index contributed by atoms with van der Waals surface area (Å²) in [7, 11) is -1.86. The molecule has 25 heavy (non-hydrogen) atoms. The molecule has 0 aliphatic rings. The lowest BCUT2D eigenvalue weighted by Gasteiger charge is -2.18. The quantitative estimate of drug-likeness (QED) is 0.625. The van der Waals surface area contributed by atoms with E-state index in [2.05, 4.69) is 4.98 Å². The number of benzene rings is 1. The molecule has 1 aromatic carbocycles. The Morgan fingerprint density at radius 1 is 1.20 bits per heavy atom. The van der Waals surface area contributed by atoms with E-state index in [9.17, 15) is 8.42 Å². The van der Waals surface area contributed by atoms with Crippen molar-refractivity contribution in [3.63, 3.8) is 0 Å². The Labute approximate surface area is 158 Å². The SMILES string of the molecule is CCN(CC)S(=O)(=O)c1ccc(SCc2cc(Cl)ccc2OC)nc1. The number of ether oxygens (including phenoxy) is 1. The highest BCUT2D eigenvalue weighted by Crippen LogP contribution is 2.29. The van der Waals surface area contributed by atoms with Crippen LogP contribution >= 0.6 is 23.4 Å². The van der Waals surface area contributed by atoms with Crippen LogP contribution in [0.4, 0.5) is 0 Å². The molecule has 1 aromatic heterocycles. The fourth-order valence-electron chi connectivity index (χ4n) is 2.33. The molecule has 0 radical (unpaired) electrons. The molecule has 0 amide bonds. The zero-order valence-corrected chi connectivity index (χ0v) is 16.8. The summed E-state index contributed by atoms with van der Waals surface area (Å²) in [4.78, 5) is 4.48. The van der Waals surface area contributed by atoms with Crippen LogP contribution in [-0.2, 0) is 15.8 Å². The monoisotopic (exact) mass is 400 g/mol. The predicted octanol–water partition coefficient (Wildman–Crippen LogP) is 4.07. The number of halogens is 1. The fraction of sp³-hybridized carbons (Fsp3) is 0.353. The van der Waals surface area contributed by atoms with Crippen molar-refractivity contribution >= 4 is 33.4 Å². The topological polar surface area (TPSA) is 59.5 Å². The van der Waals surface area contributed by atoms with Gasteiger partial charge >= 0.3 is 0 Å². The normalized spacial score (nSPS) is 11.7. The minimum absolute atomic E-state index is 0.209. The third-order valence-corrected chi connectivity index (χ3v) is 6.93. The maximum atomic E-state index is 12.5. The summed E-state index contributed by atoms with van der Waals surface area (Å²) in [5, 5.41) is 1.38. The highest BCUT2D eigenvalue weighted by molar-refractivity contribution is 7.98. The van der Waals surface area contributed by atoms with Gasteiger partial charge in [0.1, 0.15) is 10.6 Å². The summed E-state index contributed by atoms with van der Waals surface area (Å²) in [5.74, 6) is 1.39. The molecule has 2 aromatic rings. The van der Waals surface area contributed by atoms with Crippen LogP contribution in [0.5, 0.6) is 5.75 Å². The Hall–Kier alpha value is -1.28. The van der Waals surface area contributed by atoms with Crippen LogP contribution in [0.25, 0.3) is 0 Å². The Morgan fingerprint density at radius 3 is 2.48 bits per heavy atom. The van der Waals surface area contributed by atoms with Crippen LogP contribution in [0, 0.1) is 0 Å². The second kappa shape index (κ2) is 8.89. The molecule has 0 saturated carbocycles. The molecular formula is C17H21ClN2O3S2. The van der Waals surface area contributed by atoms with Crippen molar-refractivity contribution in [2.75, 3.05) is 20.2 Å². The van der Waals surface area contributed by atoms with E-state index in [0.717, 1.165) is 16.3 Å². The zero-order valence-electron chi connectivity index (χ0n) is 14.4. The number of methoxy groups -OCH3 is 1. The molecular weight excluding hydrogens is 380 g/mol. The van der Waals surface area contributed by atoms with Gasteiger partial charge in [-0.05, 0) is 30.3 Å². The molecule has 5 nitrogen and oxygen atoms in total. The van der Waals surface area contributed by atoms with E-state index in [1.165, 1.54) is 22.3 Å². The van der Waals surface area contributed by atoms with Crippen molar-refractivity contribution in [3.8, 4) is 5.75 Å². The highest BCUT2D eigenvalue weighted by atomic mass is 35.5. The highest BCUT2D eigenvalue weighted by Gasteiger charge is 2.21. The van der Waals surface area contributed by atoms with Crippen LogP contribution in [0.15, 0.2) is 46.5 Å². The minimum atomic E-state index is -3.48. The van der Waals surface area contributed by atoms with Gasteiger partial charge in [-0.15, -0.1) is 11.8 Å². The van der Waals surface area contributed by atoms with Gasteiger partial charge in [-0.2, -0.15) is 4.31 Å². The zero-order chi connectivity index (χ0) is 18.4. The smallest absolute Gasteiger partial charge is 0.244 e. The van der Waals surface area contributed by atoms with Crippen LogP contribution in [0.2, 0.25) is 5.02 Å². The Morgan fingerprint density at radius 2 is 1.92 bits per heavy atom. The molecule has 8 heteroatoms. The summed E-state index contributed by atoms with van der Waals surface area (Å²) in [5.41, 5.74) is 0.960. The maximum absolute atomic E-state index is 12.5. The van der Waals surface area contributed by atoms with Gasteiger partial charge in [0.05, 0.1) is 12.1 Å². The predicted molar refractivity (Wildman–Crippen MR) is 102 cm³/mol. The van der Waals surface area contributed by atoms with E-state index < -0.39 is 10.0 Å². The molecule has 0 unspecified atom stereocenters. The molecule has 2 rings (SSSR count). The molecule has 0 spiro atoms. The van der Waals surface area contributed by atoms with Crippen molar-refractivity contribution in [1.29, 1.82) is 0 Å². The second-order valence-corrected chi connectivity index (χ2v) is 8.54. The molecule has 1 heterocycles. The van der Waals surface area contributed by atoms with Gasteiger partial charge in [0, 0.05) is 35.6 Å². The van der Waals surface area contributed by atoms with E-state index >= 15 is 0 Å². The molecule has 0 atom stereocenters. The Bertz CT molecular complexity index is 807. The standard InChI is InChI=1S/C17H21ClN2O3S2/c1-4-20(5-2)25(21,22)15-7-9-17(19-11-15)24-12-13-10-14(18)6-8-16(13)23-3/h6-11H,4-5,12H2,1-3H3. The second-order valence-electron chi connectivity index (χ2n) is 5.17. The van der Waals surface area contributed by atoms with Gasteiger partial charge in [0.25, 0.3) is 0 Å². The maximum Gasteiger partial charge on any atom is 0.244 e. The lowest BCUT2D eigenvalue weighted by atomic mass is 10.2. The Balaban J connectivity index is 2.12. The van der Waals surface area contributed by atoms with Crippen molar-refractivity contribution in [1.82, 2.24) is 9.29 Å². The molecule has 0 fully saturated rings. The van der Waals surface area contributed by atoms with Crippen LogP contribution < -0.4 is 4.74 Å². The first-order chi connectivity index (χ1) is 11.9. The van der Waals surface area contributed by atoms with E-state index in [0.29, 0.717) is 23.9 Å². The molecule has 0 saturated heterocycles. The van der Waals surface area contributed by atoms with Gasteiger partial charge in [-0.25, -0.2) is 13.4 Å². The summed E-state index contributed by atoms with van der Waals surface area (Å²) in [6, 6.07) is 8.77. The number of hydrogen-bond donors (Lipinski definition) is 0. The number of thioether (sulfide) groups is 1. The van der Waals surface area contributed by atoms with Gasteiger partial charge in [0.2, 0.25) is 10.0 Å². The minimum Gasteiger partial charge on any atom is -0.496 e. The van der Waals surface area contributed by atoms with E-state index in [1.54, 1.807) is 25.3 Å². The third kappa shape index (κ3) is 4.88. The molecule has 136 valence electrons. The third-order valence-electron chi connectivity index (χ3n) is 3.67. The average Bonchev–Trinajstić information content (AvgIpc) is 2.61. The van der Waals surface area contributed by atoms with Gasteiger partial charge in [-0.1, -0.05) is 25.4 Å². The van der Waals surface area contributed by atoms with Crippen LogP contribution in [0.3, 0.4) is 0 Å². The van der Waals surface area contributed by atoms with Crippen molar-refractivity contribution in [3.05, 3.63) is 47.1 Å². The lowest BCUT2D eigenvalue weighted by molar-refractivity contribution is 0.411. The van der Waals surface area contributed by atoms with Crippen molar-refractivity contribution in [2.45, 2.75) is 29.5 Å². The number of pyridine rings is 1. The fourth-order valence-corrected chi connectivity index (χ4v) is 4.75. The molecule has 0 bridgehead atoms. The number of rotatable bonds is 8. The summed E-state index contributed by atoms with van der Waals surface area (Å²) < 4.78 is 31.6. The van der Waals surface area contributed by atoms with Gasteiger partial charge < -0.3 is 4.74 Å². The molecule has 0 N–H and O–H groups in total. The van der Waals surface area contributed by atoms with Crippen LogP contribution in [-0.4, -0.2) is 37.9 Å². The van der Waals surface area contributed by atoms with E-state index in [1.807, 2.05) is 26.0 Å². The number of nitrogens with zero attached hydrogens (tertiary/aromatic N) is 2. The summed E-state index contributed by atoms with van der Waals surface area (Å²) in [6.45, 7) is 4.50. The van der Waals surface area contributed by atoms with E-state index in [-0.39, 0.29) is 4.90 Å². The summed E-state index contributed by atoms with van der Waals surface area (Å²) >= 11 is 7.52. The first kappa shape index (κ1) is 20.0. The lowest BCUT2D eigenvalue weighted by Crippen LogP contribution is -2.30. The van der Waals surface area contributed by atoms with Crippen molar-refractivity contribution < 1.29 is 13.2 Å². The largest absolute Gasteiger partial charge is 0.496 e. The van der Waals surface area contributed by atoms with Crippen LogP contribution in [0.1, 0.15) is 19.4 Å². The first-order valence-corrected chi connectivity index (χ1v) is 10.6. The number of aromatic nitrogens is 1. The number of hydrogen-bond acceptors (Lipinski definition) is 5. The Kier molecular flexibility index (Phi) is 7.13. The number of sulfonamides is 1. The van der Waals surface area contributed by atoms with Gasteiger partial charge in [-0.3, -0.25) is 0 Å². The molecule has 0 aliphatic carbocycles. The van der Waals surface area contributed by atoms with E-state index in [4.69, 9.17) is 16.3 Å². The first-order valence-electron chi connectivity index (χ1n) is 7.83. The van der Waals surface area contributed by atoms with Gasteiger partial charge in [0.15, 0.2) is 0 Å². The average molecular weight is 401 g/mol. The molecule has 0 aliphatic heterocycles. The summed E-state index contributed by atoms with van der Waals surface area (Å²) in [6.07, 6.45) is 1.41. The van der Waals surface area contributed by atoms with Crippen molar-refractivity contribution in [2.24, 2.45) is 0 Å².